The van der Waals surface area contributed by atoms with Crippen molar-refractivity contribution in [2.24, 2.45) is 0 Å². The molecule has 29 heavy (non-hydrogen) atoms. The Bertz CT molecular complexity index is 920. The van der Waals surface area contributed by atoms with Gasteiger partial charge in [0.1, 0.15) is 11.5 Å². The van der Waals surface area contributed by atoms with Gasteiger partial charge in [0.2, 0.25) is 0 Å². The van der Waals surface area contributed by atoms with Crippen molar-refractivity contribution < 1.29 is 18.8 Å². The van der Waals surface area contributed by atoms with E-state index in [2.05, 4.69) is 17.1 Å². The first-order valence-corrected chi connectivity index (χ1v) is 9.51. The third-order valence-electron chi connectivity index (χ3n) is 4.56. The van der Waals surface area contributed by atoms with Crippen molar-refractivity contribution in [2.45, 2.75) is 26.4 Å². The molecule has 3 rings (SSSR count). The first kappa shape index (κ1) is 20.4. The quantitative estimate of drug-likeness (QED) is 0.552. The molecule has 0 aliphatic carbocycles. The number of methoxy groups -OCH3 is 1. The maximum atomic E-state index is 12.5. The van der Waals surface area contributed by atoms with E-state index < -0.39 is 0 Å². The van der Waals surface area contributed by atoms with Crippen LogP contribution in [-0.4, -0.2) is 41.6 Å². The van der Waals surface area contributed by atoms with Crippen molar-refractivity contribution in [2.75, 3.05) is 20.7 Å². The van der Waals surface area contributed by atoms with Crippen molar-refractivity contribution in [1.29, 1.82) is 0 Å². The number of aromatic nitrogens is 2. The lowest BCUT2D eigenvalue weighted by molar-refractivity contribution is 0.0795. The van der Waals surface area contributed by atoms with Crippen LogP contribution in [0.15, 0.2) is 53.1 Å². The van der Waals surface area contributed by atoms with E-state index in [9.17, 15) is 4.79 Å². The first-order valence-electron chi connectivity index (χ1n) is 9.51. The highest BCUT2D eigenvalue weighted by atomic mass is 16.5. The molecular weight excluding hydrogens is 370 g/mol. The van der Waals surface area contributed by atoms with Gasteiger partial charge in [0.05, 0.1) is 7.11 Å². The van der Waals surface area contributed by atoms with Gasteiger partial charge in [-0.05, 0) is 48.4 Å². The Kier molecular flexibility index (Phi) is 6.84. The van der Waals surface area contributed by atoms with Crippen LogP contribution < -0.4 is 9.47 Å². The summed E-state index contributed by atoms with van der Waals surface area (Å²) in [5.41, 5.74) is 1.86. The van der Waals surface area contributed by atoms with E-state index in [1.165, 1.54) is 5.56 Å². The number of rotatable bonds is 9. The summed E-state index contributed by atoms with van der Waals surface area (Å²) in [5.74, 6) is 2.34. The van der Waals surface area contributed by atoms with Crippen molar-refractivity contribution in [1.82, 2.24) is 15.0 Å². The third-order valence-corrected chi connectivity index (χ3v) is 4.56. The Labute approximate surface area is 170 Å². The van der Waals surface area contributed by atoms with E-state index >= 15 is 0 Å². The second-order valence-electron chi connectivity index (χ2n) is 6.60. The number of carbonyl (C=O) groups excluding carboxylic acids is 1. The molecule has 7 heteroatoms. The molecule has 0 spiro atoms. The highest BCUT2D eigenvalue weighted by Gasteiger charge is 2.14. The number of carbonyl (C=O) groups is 1. The van der Waals surface area contributed by atoms with Gasteiger partial charge < -0.3 is 18.9 Å². The largest absolute Gasteiger partial charge is 0.497 e. The lowest BCUT2D eigenvalue weighted by Crippen LogP contribution is -2.29. The van der Waals surface area contributed by atoms with E-state index in [-0.39, 0.29) is 12.5 Å². The number of amides is 1. The minimum Gasteiger partial charge on any atom is -0.497 e. The zero-order valence-corrected chi connectivity index (χ0v) is 16.9. The topological polar surface area (TPSA) is 77.7 Å². The van der Waals surface area contributed by atoms with Crippen molar-refractivity contribution in [3.63, 3.8) is 0 Å². The maximum Gasteiger partial charge on any atom is 0.264 e. The summed E-state index contributed by atoms with van der Waals surface area (Å²) >= 11 is 0. The molecule has 0 aliphatic rings. The number of ether oxygens (including phenoxy) is 2. The molecule has 0 fully saturated rings. The second-order valence-corrected chi connectivity index (χ2v) is 6.60. The first-order chi connectivity index (χ1) is 14.1. The average molecular weight is 395 g/mol. The zero-order chi connectivity index (χ0) is 20.6. The number of likely N-dealkylation sites (N-methyl/N-ethyl adjacent to an activating group) is 1. The Hall–Kier alpha value is -3.35. The summed E-state index contributed by atoms with van der Waals surface area (Å²) in [4.78, 5) is 18.4. The molecule has 1 amide bonds. The highest BCUT2D eigenvalue weighted by Crippen LogP contribution is 2.15. The van der Waals surface area contributed by atoms with Crippen LogP contribution in [0.2, 0.25) is 0 Å². The van der Waals surface area contributed by atoms with Crippen LogP contribution >= 0.6 is 0 Å². The predicted octanol–water partition coefficient (Wildman–Crippen LogP) is 3.53. The fourth-order valence-corrected chi connectivity index (χ4v) is 2.74. The lowest BCUT2D eigenvalue weighted by atomic mass is 10.2. The number of aryl methyl sites for hydroxylation is 1. The molecule has 152 valence electrons. The molecule has 0 unspecified atom stereocenters. The minimum absolute atomic E-state index is 0.0739. The molecule has 0 saturated carbocycles. The molecule has 3 aromatic rings. The van der Waals surface area contributed by atoms with Gasteiger partial charge in [-0.15, -0.1) is 0 Å². The van der Waals surface area contributed by atoms with E-state index in [0.717, 1.165) is 12.2 Å². The van der Waals surface area contributed by atoms with Gasteiger partial charge in [0.25, 0.3) is 11.8 Å². The van der Waals surface area contributed by atoms with Crippen LogP contribution in [0.25, 0.3) is 0 Å². The molecule has 0 radical (unpaired) electrons. The molecule has 0 N–H and O–H groups in total. The third kappa shape index (κ3) is 5.57. The molecule has 0 bridgehead atoms. The van der Waals surface area contributed by atoms with Crippen LogP contribution in [0.1, 0.15) is 34.6 Å². The van der Waals surface area contributed by atoms with Crippen molar-refractivity contribution >= 4 is 5.91 Å². The Balaban J connectivity index is 1.48. The fraction of sp³-hybridized carbons (Fsp3) is 0.318. The SMILES string of the molecule is CCc1ccc(OCc2nc(CCN(C)C(=O)c3ccc(OC)cc3)no2)cc1. The van der Waals surface area contributed by atoms with Gasteiger partial charge in [-0.25, -0.2) is 0 Å². The second kappa shape index (κ2) is 9.73. The lowest BCUT2D eigenvalue weighted by Gasteiger charge is -2.16. The number of hydrogen-bond donors (Lipinski definition) is 0. The molecule has 0 atom stereocenters. The van der Waals surface area contributed by atoms with Gasteiger partial charge >= 0.3 is 0 Å². The molecule has 2 aromatic carbocycles. The molecule has 1 aromatic heterocycles. The number of hydrogen-bond acceptors (Lipinski definition) is 6. The van der Waals surface area contributed by atoms with Crippen LogP contribution in [-0.2, 0) is 19.4 Å². The summed E-state index contributed by atoms with van der Waals surface area (Å²) in [7, 11) is 3.34. The summed E-state index contributed by atoms with van der Waals surface area (Å²) in [5, 5.41) is 3.96. The van der Waals surface area contributed by atoms with Gasteiger partial charge in [0, 0.05) is 25.6 Å². The summed E-state index contributed by atoms with van der Waals surface area (Å²) in [6.07, 6.45) is 1.48. The predicted molar refractivity (Wildman–Crippen MR) is 108 cm³/mol. The van der Waals surface area contributed by atoms with E-state index in [1.807, 2.05) is 24.3 Å². The minimum atomic E-state index is -0.0739. The highest BCUT2D eigenvalue weighted by molar-refractivity contribution is 5.94. The van der Waals surface area contributed by atoms with Gasteiger partial charge in [0.15, 0.2) is 12.4 Å². The van der Waals surface area contributed by atoms with E-state index in [4.69, 9.17) is 14.0 Å². The zero-order valence-electron chi connectivity index (χ0n) is 16.9. The Morgan fingerprint density at radius 3 is 2.41 bits per heavy atom. The summed E-state index contributed by atoms with van der Waals surface area (Å²) < 4.78 is 16.0. The summed E-state index contributed by atoms with van der Waals surface area (Å²) in [6.45, 7) is 2.79. The fourth-order valence-electron chi connectivity index (χ4n) is 2.74. The molecule has 1 heterocycles. The maximum absolute atomic E-state index is 12.5. The van der Waals surface area contributed by atoms with Gasteiger partial charge in [-0.2, -0.15) is 4.98 Å². The van der Waals surface area contributed by atoms with Crippen LogP contribution in [0.5, 0.6) is 11.5 Å². The normalized spacial score (nSPS) is 10.6. The van der Waals surface area contributed by atoms with Crippen LogP contribution in [0, 0.1) is 0 Å². The average Bonchev–Trinajstić information content (AvgIpc) is 3.23. The van der Waals surface area contributed by atoms with Crippen LogP contribution in [0.4, 0.5) is 0 Å². The molecule has 0 aliphatic heterocycles. The van der Waals surface area contributed by atoms with E-state index in [0.29, 0.717) is 36.0 Å². The van der Waals surface area contributed by atoms with Crippen LogP contribution in [0.3, 0.4) is 0 Å². The molecular formula is C22H25N3O4. The standard InChI is InChI=1S/C22H25N3O4/c1-4-16-5-9-19(10-6-16)28-15-21-23-20(24-29-21)13-14-25(2)22(26)17-7-11-18(27-3)12-8-17/h5-12H,4,13-15H2,1-3H3. The Morgan fingerprint density at radius 1 is 1.07 bits per heavy atom. The molecule has 0 saturated heterocycles. The molecule has 7 nitrogen and oxygen atoms in total. The number of benzene rings is 2. The monoisotopic (exact) mass is 395 g/mol. The van der Waals surface area contributed by atoms with Crippen molar-refractivity contribution in [3.8, 4) is 11.5 Å². The van der Waals surface area contributed by atoms with Crippen molar-refractivity contribution in [3.05, 3.63) is 71.4 Å². The van der Waals surface area contributed by atoms with Gasteiger partial charge in [-0.1, -0.05) is 24.2 Å². The summed E-state index contributed by atoms with van der Waals surface area (Å²) in [6, 6.07) is 14.9. The smallest absolute Gasteiger partial charge is 0.264 e. The van der Waals surface area contributed by atoms with Gasteiger partial charge in [-0.3, -0.25) is 4.79 Å². The Morgan fingerprint density at radius 2 is 1.76 bits per heavy atom. The number of nitrogens with zero attached hydrogens (tertiary/aromatic N) is 3. The van der Waals surface area contributed by atoms with E-state index in [1.54, 1.807) is 43.3 Å².